The van der Waals surface area contributed by atoms with E-state index in [2.05, 4.69) is 19.2 Å². The van der Waals surface area contributed by atoms with Crippen molar-refractivity contribution in [3.8, 4) is 0 Å². The maximum Gasteiger partial charge on any atom is 0.236 e. The normalized spacial score (nSPS) is 11.9. The number of carbonyl (C=O) groups is 1. The zero-order chi connectivity index (χ0) is 13.5. The van der Waals surface area contributed by atoms with Crippen molar-refractivity contribution in [3.05, 3.63) is 0 Å². The molecule has 0 heterocycles. The molecule has 0 saturated carbocycles. The van der Waals surface area contributed by atoms with Crippen molar-refractivity contribution < 1.29 is 9.90 Å². The zero-order valence-corrected chi connectivity index (χ0v) is 11.9. The summed E-state index contributed by atoms with van der Waals surface area (Å²) in [6, 6.07) is 0.226. The number of hydrogen-bond donors (Lipinski definition) is 2. The molecule has 4 nitrogen and oxygen atoms in total. The Morgan fingerprint density at radius 3 is 2.24 bits per heavy atom. The van der Waals surface area contributed by atoms with Gasteiger partial charge in [-0.2, -0.15) is 0 Å². The van der Waals surface area contributed by atoms with Crippen molar-refractivity contribution >= 4 is 5.91 Å². The van der Waals surface area contributed by atoms with E-state index in [0.717, 1.165) is 12.8 Å². The molecule has 0 saturated heterocycles. The number of carbonyl (C=O) groups excluding carboxylic acids is 1. The van der Waals surface area contributed by atoms with E-state index in [0.29, 0.717) is 13.1 Å². The van der Waals surface area contributed by atoms with E-state index in [1.54, 1.807) is 4.90 Å². The molecule has 0 radical (unpaired) electrons. The Hall–Kier alpha value is -0.610. The smallest absolute Gasteiger partial charge is 0.236 e. The van der Waals surface area contributed by atoms with Gasteiger partial charge in [-0.25, -0.2) is 0 Å². The average Bonchev–Trinajstić information content (AvgIpc) is 2.34. The fraction of sp³-hybridized carbons (Fsp3) is 0.923. The van der Waals surface area contributed by atoms with Gasteiger partial charge in [0.05, 0.1) is 6.54 Å². The van der Waals surface area contributed by atoms with Crippen molar-refractivity contribution in [2.75, 3.05) is 26.7 Å². The maximum atomic E-state index is 11.7. The molecule has 1 amide bonds. The molecule has 0 aliphatic carbocycles. The quantitative estimate of drug-likeness (QED) is 0.675. The van der Waals surface area contributed by atoms with Gasteiger partial charge in [-0.15, -0.1) is 0 Å². The van der Waals surface area contributed by atoms with E-state index in [-0.39, 0.29) is 24.0 Å². The highest BCUT2D eigenvalue weighted by Gasteiger charge is 2.25. The second kappa shape index (κ2) is 7.67. The number of aliphatic hydroxyl groups is 1. The fourth-order valence-electron chi connectivity index (χ4n) is 1.63. The molecule has 0 spiro atoms. The van der Waals surface area contributed by atoms with Gasteiger partial charge in [-0.1, -0.05) is 13.8 Å². The van der Waals surface area contributed by atoms with Crippen LogP contribution in [0.1, 0.15) is 40.5 Å². The molecular weight excluding hydrogens is 216 g/mol. The summed E-state index contributed by atoms with van der Waals surface area (Å²) >= 11 is 0. The third kappa shape index (κ3) is 5.04. The summed E-state index contributed by atoms with van der Waals surface area (Å²) in [5.74, 6) is 0.0963. The van der Waals surface area contributed by atoms with Crippen molar-refractivity contribution in [3.63, 3.8) is 0 Å². The molecule has 102 valence electrons. The summed E-state index contributed by atoms with van der Waals surface area (Å²) in [5.41, 5.74) is -0.0866. The van der Waals surface area contributed by atoms with Gasteiger partial charge in [-0.05, 0) is 26.7 Å². The maximum absolute atomic E-state index is 11.7. The van der Waals surface area contributed by atoms with Crippen molar-refractivity contribution in [1.82, 2.24) is 10.2 Å². The van der Waals surface area contributed by atoms with Crippen LogP contribution in [-0.4, -0.2) is 48.7 Å². The number of likely N-dealkylation sites (N-methyl/N-ethyl adjacent to an activating group) is 1. The number of rotatable bonds is 8. The van der Waals surface area contributed by atoms with Gasteiger partial charge in [0.2, 0.25) is 5.91 Å². The second-order valence-electron chi connectivity index (χ2n) is 5.07. The van der Waals surface area contributed by atoms with E-state index in [1.807, 2.05) is 20.9 Å². The van der Waals surface area contributed by atoms with Crippen LogP contribution in [0.5, 0.6) is 0 Å². The van der Waals surface area contributed by atoms with E-state index in [9.17, 15) is 9.90 Å². The topological polar surface area (TPSA) is 52.6 Å². The molecule has 0 aromatic carbocycles. The second-order valence-corrected chi connectivity index (χ2v) is 5.07. The number of hydrogen-bond acceptors (Lipinski definition) is 3. The van der Waals surface area contributed by atoms with Crippen LogP contribution >= 0.6 is 0 Å². The van der Waals surface area contributed by atoms with Gasteiger partial charge in [-0.3, -0.25) is 4.79 Å². The first-order chi connectivity index (χ1) is 7.92. The molecule has 0 atom stereocenters. The summed E-state index contributed by atoms with van der Waals surface area (Å²) < 4.78 is 0. The molecule has 2 N–H and O–H groups in total. The van der Waals surface area contributed by atoms with Crippen LogP contribution in [0.25, 0.3) is 0 Å². The van der Waals surface area contributed by atoms with E-state index < -0.39 is 0 Å². The minimum Gasteiger partial charge on any atom is -0.396 e. The average molecular weight is 244 g/mol. The summed E-state index contributed by atoms with van der Waals surface area (Å²) in [5, 5.41) is 12.6. The number of amides is 1. The van der Waals surface area contributed by atoms with Crippen LogP contribution in [0.15, 0.2) is 0 Å². The summed E-state index contributed by atoms with van der Waals surface area (Å²) in [4.78, 5) is 13.5. The van der Waals surface area contributed by atoms with Crippen molar-refractivity contribution in [2.45, 2.75) is 46.6 Å². The fourth-order valence-corrected chi connectivity index (χ4v) is 1.63. The SMILES string of the molecule is CCC(CC)(CO)CNCC(=O)N(C)C(C)C. The highest BCUT2D eigenvalue weighted by atomic mass is 16.3. The van der Waals surface area contributed by atoms with E-state index >= 15 is 0 Å². The van der Waals surface area contributed by atoms with Crippen LogP contribution in [0.3, 0.4) is 0 Å². The van der Waals surface area contributed by atoms with Crippen LogP contribution in [0, 0.1) is 5.41 Å². The predicted molar refractivity (Wildman–Crippen MR) is 70.9 cm³/mol. The molecule has 0 rings (SSSR count). The van der Waals surface area contributed by atoms with Crippen molar-refractivity contribution in [2.24, 2.45) is 5.41 Å². The summed E-state index contributed by atoms with van der Waals surface area (Å²) in [7, 11) is 1.81. The third-order valence-electron chi connectivity index (χ3n) is 3.78. The Bertz CT molecular complexity index is 217. The molecule has 0 aromatic rings. The van der Waals surface area contributed by atoms with Gasteiger partial charge in [0.1, 0.15) is 0 Å². The largest absolute Gasteiger partial charge is 0.396 e. The van der Waals surface area contributed by atoms with Gasteiger partial charge < -0.3 is 15.3 Å². The molecular formula is C13H28N2O2. The minimum atomic E-state index is -0.0866. The highest BCUT2D eigenvalue weighted by Crippen LogP contribution is 2.24. The molecule has 17 heavy (non-hydrogen) atoms. The Morgan fingerprint density at radius 1 is 1.35 bits per heavy atom. The minimum absolute atomic E-state index is 0.0866. The van der Waals surface area contributed by atoms with E-state index in [1.165, 1.54) is 0 Å². The van der Waals surface area contributed by atoms with Crippen LogP contribution in [0.2, 0.25) is 0 Å². The first-order valence-electron chi connectivity index (χ1n) is 6.49. The van der Waals surface area contributed by atoms with Gasteiger partial charge >= 0.3 is 0 Å². The Balaban J connectivity index is 4.09. The van der Waals surface area contributed by atoms with Gasteiger partial charge in [0.15, 0.2) is 0 Å². The van der Waals surface area contributed by atoms with Crippen LogP contribution in [0.4, 0.5) is 0 Å². The first kappa shape index (κ1) is 16.4. The zero-order valence-electron chi connectivity index (χ0n) is 11.9. The standard InChI is InChI=1S/C13H28N2O2/c1-6-13(7-2,10-16)9-14-8-12(17)15(5)11(3)4/h11,14,16H,6-10H2,1-5H3. The van der Waals surface area contributed by atoms with Gasteiger partial charge in [0, 0.05) is 31.7 Å². The van der Waals surface area contributed by atoms with Gasteiger partial charge in [0.25, 0.3) is 0 Å². The summed E-state index contributed by atoms with van der Waals surface area (Å²) in [6.45, 7) is 9.33. The number of aliphatic hydroxyl groups excluding tert-OH is 1. The van der Waals surface area contributed by atoms with Crippen molar-refractivity contribution in [1.29, 1.82) is 0 Å². The lowest BCUT2D eigenvalue weighted by molar-refractivity contribution is -0.130. The third-order valence-corrected chi connectivity index (χ3v) is 3.78. The number of nitrogens with zero attached hydrogens (tertiary/aromatic N) is 1. The lowest BCUT2D eigenvalue weighted by atomic mass is 9.83. The lowest BCUT2D eigenvalue weighted by Crippen LogP contribution is -2.43. The lowest BCUT2D eigenvalue weighted by Gasteiger charge is -2.30. The molecule has 0 aliphatic heterocycles. The Morgan fingerprint density at radius 2 is 1.88 bits per heavy atom. The summed E-state index contributed by atoms with van der Waals surface area (Å²) in [6.07, 6.45) is 1.84. The molecule has 0 unspecified atom stereocenters. The monoisotopic (exact) mass is 244 g/mol. The molecule has 0 aliphatic rings. The molecule has 0 aromatic heterocycles. The Kier molecular flexibility index (Phi) is 7.39. The molecule has 4 heteroatoms. The highest BCUT2D eigenvalue weighted by molar-refractivity contribution is 5.78. The molecule has 0 bridgehead atoms. The Labute approximate surface area is 105 Å². The molecule has 0 fully saturated rings. The van der Waals surface area contributed by atoms with Crippen LogP contribution < -0.4 is 5.32 Å². The predicted octanol–water partition coefficient (Wildman–Crippen LogP) is 1.24. The first-order valence-corrected chi connectivity index (χ1v) is 6.49. The van der Waals surface area contributed by atoms with Crippen LogP contribution in [-0.2, 0) is 4.79 Å². The number of nitrogens with one attached hydrogen (secondary N) is 1. The van der Waals surface area contributed by atoms with E-state index in [4.69, 9.17) is 0 Å².